The van der Waals surface area contributed by atoms with Crippen molar-refractivity contribution in [3.05, 3.63) is 11.6 Å². The number of aliphatic hydroxyl groups excluding tert-OH is 11. The Labute approximate surface area is 402 Å². The highest BCUT2D eigenvalue weighted by atomic mass is 16.7. The molecule has 5 aliphatic carbocycles. The first kappa shape index (κ1) is 53.3. The van der Waals surface area contributed by atoms with Crippen LogP contribution in [0.1, 0.15) is 106 Å². The average Bonchev–Trinajstić information content (AvgIpc) is 3.31. The lowest BCUT2D eigenvalue weighted by atomic mass is 9.33. The highest BCUT2D eigenvalue weighted by Crippen LogP contribution is 2.76. The highest BCUT2D eigenvalue weighted by Gasteiger charge is 2.71. The van der Waals surface area contributed by atoms with Gasteiger partial charge in [0.05, 0.1) is 38.4 Å². The molecule has 394 valence electrons. The van der Waals surface area contributed by atoms with Crippen molar-refractivity contribution in [1.82, 2.24) is 0 Å². The second-order valence-corrected chi connectivity index (χ2v) is 23.5. The third-order valence-corrected chi connectivity index (χ3v) is 19.6. The molecule has 24 atom stereocenters. The summed E-state index contributed by atoms with van der Waals surface area (Å²) in [5.74, 6) is -1.73. The maximum Gasteiger partial charge on any atom is 0.337 e. The normalized spacial score (nSPS) is 52.8. The summed E-state index contributed by atoms with van der Waals surface area (Å²) in [7, 11) is 1.08. The van der Waals surface area contributed by atoms with Gasteiger partial charge in [-0.3, -0.25) is 4.79 Å². The molecule has 0 bridgehead atoms. The molecule has 20 heteroatoms. The smallest absolute Gasteiger partial charge is 0.337 e. The molecule has 0 aromatic carbocycles. The highest BCUT2D eigenvalue weighted by molar-refractivity contribution is 5.79. The van der Waals surface area contributed by atoms with Gasteiger partial charge in [-0.05, 0) is 104 Å². The Kier molecular flexibility index (Phi) is 14.7. The molecule has 0 amide bonds. The van der Waals surface area contributed by atoms with Crippen molar-refractivity contribution in [3.63, 3.8) is 0 Å². The van der Waals surface area contributed by atoms with E-state index in [9.17, 15) is 65.8 Å². The Balaban J connectivity index is 1.05. The maximum atomic E-state index is 14.7. The number of hydrogen-bond donors (Lipinski definition) is 11. The van der Waals surface area contributed by atoms with Crippen LogP contribution in [-0.2, 0) is 42.7 Å². The summed E-state index contributed by atoms with van der Waals surface area (Å²) in [5, 5.41) is 117. The molecule has 0 aromatic heterocycles. The zero-order chi connectivity index (χ0) is 50.6. The van der Waals surface area contributed by atoms with E-state index in [-0.39, 0.29) is 46.0 Å². The topological polar surface area (TPSA) is 321 Å². The van der Waals surface area contributed by atoms with Crippen LogP contribution in [0.5, 0.6) is 0 Å². The SMILES string of the molecule is COC(=O)[C@H]1O[C@@H](O[C@H]2CC[C@@]3(C)[C@@H](CC[C@]4(C)[C@@H]3CC=C3[C@@H]5CC(C)(C)CC[C@]5(C(=O)O[C@@H]5O[C@H](CO)[C@@H](O)[C@H](O)[C@H]5O)CC[C@]34C)[C@]2(C)CO)[C@H](O)[C@@H](O[C@@H]2O[C@H](CO)[C@H](O)[C@H](O)[C@H]2O)[C@@H]1O. The number of ether oxygens (including phenoxy) is 7. The number of fused-ring (bicyclic) bond motifs is 7. The molecule has 0 unspecified atom stereocenters. The van der Waals surface area contributed by atoms with Gasteiger partial charge in [-0.2, -0.15) is 0 Å². The second-order valence-electron chi connectivity index (χ2n) is 23.5. The fourth-order valence-electron chi connectivity index (χ4n) is 15.1. The first-order valence-corrected chi connectivity index (χ1v) is 24.9. The Morgan fingerprint density at radius 2 is 1.25 bits per heavy atom. The Morgan fingerprint density at radius 1 is 0.652 bits per heavy atom. The molecule has 0 aromatic rings. The average molecular weight is 987 g/mol. The molecule has 7 fully saturated rings. The molecule has 3 heterocycles. The van der Waals surface area contributed by atoms with Crippen molar-refractivity contribution in [2.45, 2.75) is 204 Å². The third kappa shape index (κ3) is 8.36. The standard InChI is InChI=1S/C49H78O20/c1-44(2)14-16-49(43(62)69-41-34(58)32(56)30(54)25(20-51)65-41)17-15-47(5)22(23(49)18-44)8-9-27-45(3)12-11-28(46(4,21-52)26(45)10-13-48(27,47)6)66-42-36(60)37(35(59)38(68-42)39(61)63-7)67-40-33(57)31(55)29(53)24(19-50)64-40/h8,23-38,40-42,50-60H,9-21H2,1-7H3/t23-,24+,25+,26+,27+,28-,29-,30+,31-,32-,33+,34+,35-,36+,37-,38-,40-,41-,42+,45-,46-,47+,48+,49-/m0/s1. The van der Waals surface area contributed by atoms with E-state index in [0.717, 1.165) is 26.4 Å². The van der Waals surface area contributed by atoms with Gasteiger partial charge in [0.2, 0.25) is 6.29 Å². The monoisotopic (exact) mass is 987 g/mol. The summed E-state index contributed by atoms with van der Waals surface area (Å²) >= 11 is 0. The minimum absolute atomic E-state index is 0.101. The first-order chi connectivity index (χ1) is 32.3. The Hall–Kier alpha value is -1.96. The molecule has 0 radical (unpaired) electrons. The molecule has 8 rings (SSSR count). The number of methoxy groups -OCH3 is 1. The van der Waals surface area contributed by atoms with Crippen LogP contribution in [0.15, 0.2) is 11.6 Å². The van der Waals surface area contributed by atoms with E-state index in [4.69, 9.17) is 33.2 Å². The molecule has 8 aliphatic rings. The van der Waals surface area contributed by atoms with Gasteiger partial charge < -0.3 is 89.3 Å². The van der Waals surface area contributed by atoms with Gasteiger partial charge in [-0.15, -0.1) is 0 Å². The van der Waals surface area contributed by atoms with E-state index in [0.29, 0.717) is 44.9 Å². The van der Waals surface area contributed by atoms with Crippen LogP contribution in [0.3, 0.4) is 0 Å². The lowest BCUT2D eigenvalue weighted by molar-refractivity contribution is -0.366. The van der Waals surface area contributed by atoms with Gasteiger partial charge in [0, 0.05) is 5.41 Å². The molecule has 3 aliphatic heterocycles. The van der Waals surface area contributed by atoms with Gasteiger partial charge in [-0.25, -0.2) is 4.79 Å². The van der Waals surface area contributed by atoms with Crippen molar-refractivity contribution >= 4 is 11.9 Å². The lowest BCUT2D eigenvalue weighted by Crippen LogP contribution is -2.68. The van der Waals surface area contributed by atoms with E-state index in [1.165, 1.54) is 5.57 Å². The van der Waals surface area contributed by atoms with Crippen LogP contribution in [0.4, 0.5) is 0 Å². The van der Waals surface area contributed by atoms with Crippen molar-refractivity contribution in [1.29, 1.82) is 0 Å². The predicted octanol–water partition coefficient (Wildman–Crippen LogP) is -0.706. The molecular weight excluding hydrogens is 909 g/mol. The van der Waals surface area contributed by atoms with E-state index >= 15 is 0 Å². The van der Waals surface area contributed by atoms with E-state index in [1.807, 2.05) is 6.92 Å². The molecule has 11 N–H and O–H groups in total. The molecule has 3 saturated heterocycles. The van der Waals surface area contributed by atoms with Crippen LogP contribution < -0.4 is 0 Å². The predicted molar refractivity (Wildman–Crippen MR) is 237 cm³/mol. The van der Waals surface area contributed by atoms with Crippen molar-refractivity contribution in [2.75, 3.05) is 26.9 Å². The van der Waals surface area contributed by atoms with Crippen LogP contribution in [0.2, 0.25) is 0 Å². The van der Waals surface area contributed by atoms with Crippen molar-refractivity contribution < 1.29 is 98.9 Å². The van der Waals surface area contributed by atoms with Crippen LogP contribution in [0.25, 0.3) is 0 Å². The van der Waals surface area contributed by atoms with E-state index in [2.05, 4.69) is 40.7 Å². The number of esters is 2. The van der Waals surface area contributed by atoms with Gasteiger partial charge >= 0.3 is 11.9 Å². The first-order valence-electron chi connectivity index (χ1n) is 24.9. The summed E-state index contributed by atoms with van der Waals surface area (Å²) in [4.78, 5) is 27.7. The minimum atomic E-state index is -1.89. The minimum Gasteiger partial charge on any atom is -0.467 e. The summed E-state index contributed by atoms with van der Waals surface area (Å²) in [6, 6.07) is 0. The second kappa shape index (κ2) is 19.1. The van der Waals surface area contributed by atoms with Gasteiger partial charge in [0.1, 0.15) is 67.1 Å². The fraction of sp³-hybridized carbons (Fsp3) is 0.918. The largest absolute Gasteiger partial charge is 0.467 e. The number of carbonyl (C=O) groups is 2. The Bertz CT molecular complexity index is 1910. The number of allylic oxidation sites excluding steroid dienone is 2. The van der Waals surface area contributed by atoms with Gasteiger partial charge in [-0.1, -0.05) is 53.2 Å². The fourth-order valence-corrected chi connectivity index (χ4v) is 15.1. The van der Waals surface area contributed by atoms with E-state index in [1.54, 1.807) is 0 Å². The number of aliphatic hydroxyl groups is 11. The zero-order valence-corrected chi connectivity index (χ0v) is 40.8. The number of hydrogen-bond acceptors (Lipinski definition) is 20. The number of carbonyl (C=O) groups excluding carboxylic acids is 2. The summed E-state index contributed by atoms with van der Waals surface area (Å²) < 4.78 is 40.4. The molecule has 20 nitrogen and oxygen atoms in total. The van der Waals surface area contributed by atoms with Crippen LogP contribution in [-0.4, -0.2) is 193 Å². The molecule has 4 saturated carbocycles. The van der Waals surface area contributed by atoms with E-state index < -0.39 is 134 Å². The summed E-state index contributed by atoms with van der Waals surface area (Å²) in [6.07, 6.45) is -17.1. The van der Waals surface area contributed by atoms with Gasteiger partial charge in [0.15, 0.2) is 18.7 Å². The zero-order valence-electron chi connectivity index (χ0n) is 40.8. The molecule has 0 spiro atoms. The van der Waals surface area contributed by atoms with Crippen molar-refractivity contribution in [2.24, 2.45) is 50.2 Å². The lowest BCUT2D eigenvalue weighted by Gasteiger charge is -2.71. The quantitative estimate of drug-likeness (QED) is 0.0732. The summed E-state index contributed by atoms with van der Waals surface area (Å²) in [6.45, 7) is 11.7. The maximum absolute atomic E-state index is 14.7. The molecule has 69 heavy (non-hydrogen) atoms. The Morgan fingerprint density at radius 3 is 1.86 bits per heavy atom. The summed E-state index contributed by atoms with van der Waals surface area (Å²) in [5.41, 5.74) is -1.69. The third-order valence-electron chi connectivity index (χ3n) is 19.6. The van der Waals surface area contributed by atoms with Crippen LogP contribution >= 0.6 is 0 Å². The number of rotatable bonds is 10. The molecular formula is C49H78O20. The van der Waals surface area contributed by atoms with Crippen molar-refractivity contribution in [3.8, 4) is 0 Å². The van der Waals surface area contributed by atoms with Gasteiger partial charge in [0.25, 0.3) is 0 Å². The van der Waals surface area contributed by atoms with Crippen LogP contribution in [0, 0.1) is 50.2 Å².